The number of pyridine rings is 1. The van der Waals surface area contributed by atoms with Crippen LogP contribution in [0, 0.1) is 10.1 Å². The van der Waals surface area contributed by atoms with Crippen molar-refractivity contribution in [3.8, 4) is 11.4 Å². The highest BCUT2D eigenvalue weighted by Gasteiger charge is 2.42. The number of non-ortho nitro benzene ring substituents is 1. The second kappa shape index (κ2) is 12.1. The fourth-order valence-corrected chi connectivity index (χ4v) is 5.47. The molecule has 0 unspecified atom stereocenters. The molecule has 3 aromatic carbocycles. The van der Waals surface area contributed by atoms with Gasteiger partial charge in [0.1, 0.15) is 11.8 Å². The van der Waals surface area contributed by atoms with E-state index in [2.05, 4.69) is 15.6 Å². The molecule has 1 aliphatic heterocycles. The highest BCUT2D eigenvalue weighted by molar-refractivity contribution is 7.80. The van der Waals surface area contributed by atoms with Gasteiger partial charge in [0.05, 0.1) is 22.3 Å². The molecule has 0 bridgehead atoms. The van der Waals surface area contributed by atoms with Crippen molar-refractivity contribution in [1.82, 2.24) is 14.9 Å². The molecule has 1 amide bonds. The molecule has 1 aliphatic rings. The topological polar surface area (TPSA) is 115 Å². The molecule has 5 aromatic rings. The van der Waals surface area contributed by atoms with Gasteiger partial charge in [0.2, 0.25) is 0 Å². The lowest BCUT2D eigenvalue weighted by Gasteiger charge is -2.29. The van der Waals surface area contributed by atoms with Crippen molar-refractivity contribution in [1.29, 1.82) is 0 Å². The molecule has 10 nitrogen and oxygen atoms in total. The third-order valence-corrected chi connectivity index (χ3v) is 7.36. The van der Waals surface area contributed by atoms with Gasteiger partial charge in [-0.2, -0.15) is 0 Å². The molecule has 0 radical (unpaired) electrons. The third-order valence-electron chi connectivity index (χ3n) is 7.04. The van der Waals surface area contributed by atoms with Gasteiger partial charge in [0.25, 0.3) is 11.6 Å². The molecule has 0 saturated carbocycles. The Morgan fingerprint density at radius 3 is 2.49 bits per heavy atom. The van der Waals surface area contributed by atoms with Crippen molar-refractivity contribution in [2.24, 2.45) is 0 Å². The summed E-state index contributed by atoms with van der Waals surface area (Å²) in [6.07, 6.45) is 3.61. The number of hydrogen-bond acceptors (Lipinski definition) is 6. The predicted octanol–water partition coefficient (Wildman–Crippen LogP) is 5.98. The molecule has 2 atom stereocenters. The summed E-state index contributed by atoms with van der Waals surface area (Å²) in [6, 6.07) is 32.0. The molecule has 1 saturated heterocycles. The van der Waals surface area contributed by atoms with Crippen LogP contribution >= 0.6 is 12.2 Å². The van der Waals surface area contributed by atoms with Crippen LogP contribution in [0.3, 0.4) is 0 Å². The van der Waals surface area contributed by atoms with E-state index in [4.69, 9.17) is 17.0 Å². The van der Waals surface area contributed by atoms with E-state index >= 15 is 0 Å². The Morgan fingerprint density at radius 2 is 1.74 bits per heavy atom. The van der Waals surface area contributed by atoms with Crippen LogP contribution in [0.4, 0.5) is 17.1 Å². The number of ether oxygens (including phenoxy) is 1. The average Bonchev–Trinajstić information content (AvgIpc) is 3.66. The van der Waals surface area contributed by atoms with E-state index in [9.17, 15) is 14.9 Å². The number of nitrogens with zero attached hydrogens (tertiary/aromatic N) is 4. The smallest absolute Gasteiger partial charge is 0.271 e. The fourth-order valence-electron chi connectivity index (χ4n) is 5.13. The maximum atomic E-state index is 12.5. The van der Waals surface area contributed by atoms with Gasteiger partial charge in [-0.1, -0.05) is 30.3 Å². The van der Waals surface area contributed by atoms with Crippen molar-refractivity contribution in [3.05, 3.63) is 143 Å². The van der Waals surface area contributed by atoms with Crippen molar-refractivity contribution in [3.63, 3.8) is 0 Å². The number of carbonyl (C=O) groups is 1. The lowest BCUT2D eigenvalue weighted by Crippen LogP contribution is -2.30. The number of nitro benzene ring substituents is 1. The van der Waals surface area contributed by atoms with E-state index < -0.39 is 4.92 Å². The van der Waals surface area contributed by atoms with Crippen molar-refractivity contribution >= 4 is 40.3 Å². The van der Waals surface area contributed by atoms with Crippen molar-refractivity contribution in [2.75, 3.05) is 16.8 Å². The zero-order chi connectivity index (χ0) is 29.8. The molecule has 0 aliphatic carbocycles. The minimum Gasteiger partial charge on any atom is -0.484 e. The summed E-state index contributed by atoms with van der Waals surface area (Å²) < 4.78 is 7.47. The number of thiocarbonyl (C=S) groups is 1. The first-order valence-electron chi connectivity index (χ1n) is 13.5. The maximum Gasteiger partial charge on any atom is 0.271 e. The van der Waals surface area contributed by atoms with Gasteiger partial charge in [0, 0.05) is 41.6 Å². The molecule has 3 heterocycles. The van der Waals surface area contributed by atoms with Crippen LogP contribution in [-0.4, -0.2) is 32.1 Å². The van der Waals surface area contributed by atoms with E-state index in [-0.39, 0.29) is 30.3 Å². The summed E-state index contributed by atoms with van der Waals surface area (Å²) in [5.74, 6) is 0.337. The quantitative estimate of drug-likeness (QED) is 0.123. The Labute approximate surface area is 252 Å². The van der Waals surface area contributed by atoms with Gasteiger partial charge in [0.15, 0.2) is 11.7 Å². The molecule has 11 heteroatoms. The molecule has 0 spiro atoms. The van der Waals surface area contributed by atoms with Crippen LogP contribution < -0.4 is 20.3 Å². The number of aromatic nitrogens is 2. The molecule has 214 valence electrons. The first kappa shape index (κ1) is 27.6. The number of anilines is 2. The van der Waals surface area contributed by atoms with Gasteiger partial charge in [-0.05, 0) is 78.9 Å². The van der Waals surface area contributed by atoms with Crippen molar-refractivity contribution in [2.45, 2.75) is 12.1 Å². The van der Waals surface area contributed by atoms with Gasteiger partial charge >= 0.3 is 0 Å². The predicted molar refractivity (Wildman–Crippen MR) is 167 cm³/mol. The number of nitrogens with one attached hydrogen (secondary N) is 2. The van der Waals surface area contributed by atoms with Crippen molar-refractivity contribution < 1.29 is 14.5 Å². The SMILES string of the molecule is O=C(COc1ccccc1)Nc1ccc(N2C(=S)N[C@H](c3ccccn3)[C@@H]2c2cccn2-c2cccc([N+](=O)[O-])c2)cc1. The Bertz CT molecular complexity index is 1760. The first-order chi connectivity index (χ1) is 21.0. The van der Waals surface area contributed by atoms with Gasteiger partial charge in [-0.15, -0.1) is 0 Å². The van der Waals surface area contributed by atoms with Crippen LogP contribution in [0.15, 0.2) is 122 Å². The van der Waals surface area contributed by atoms with Crippen LogP contribution in [0.2, 0.25) is 0 Å². The van der Waals surface area contributed by atoms with E-state index in [0.717, 1.165) is 17.1 Å². The van der Waals surface area contributed by atoms with Crippen LogP contribution in [0.1, 0.15) is 23.5 Å². The zero-order valence-electron chi connectivity index (χ0n) is 22.7. The van der Waals surface area contributed by atoms with Gasteiger partial charge in [-0.3, -0.25) is 19.9 Å². The molecular formula is C32H26N6O4S. The van der Waals surface area contributed by atoms with Gasteiger partial charge < -0.3 is 24.8 Å². The largest absolute Gasteiger partial charge is 0.484 e. The van der Waals surface area contributed by atoms with E-state index in [1.807, 2.05) is 94.5 Å². The molecular weight excluding hydrogens is 564 g/mol. The summed E-state index contributed by atoms with van der Waals surface area (Å²) in [7, 11) is 0. The summed E-state index contributed by atoms with van der Waals surface area (Å²) in [6.45, 7) is -0.117. The number of benzene rings is 3. The number of rotatable bonds is 9. The number of para-hydroxylation sites is 1. The zero-order valence-corrected chi connectivity index (χ0v) is 23.6. The van der Waals surface area contributed by atoms with Crippen LogP contribution in [0.5, 0.6) is 5.75 Å². The normalized spacial score (nSPS) is 16.0. The molecule has 6 rings (SSSR count). The summed E-state index contributed by atoms with van der Waals surface area (Å²) >= 11 is 5.85. The lowest BCUT2D eigenvalue weighted by atomic mass is 10.0. The highest BCUT2D eigenvalue weighted by atomic mass is 32.1. The third kappa shape index (κ3) is 5.92. The summed E-state index contributed by atoms with van der Waals surface area (Å²) in [4.78, 5) is 30.2. The second-order valence-corrected chi connectivity index (χ2v) is 10.2. The summed E-state index contributed by atoms with van der Waals surface area (Å²) in [5.41, 5.74) is 3.72. The standard InChI is InChI=1S/C32H26N6O4S/c39-29(21-42-26-10-2-1-3-11-26)34-22-14-16-23(17-15-22)37-31(30(35-32(37)43)27-12-4-5-18-33-27)28-13-7-19-36(28)24-8-6-9-25(20-24)38(40)41/h1-20,30-31H,21H2,(H,34,39)(H,35,43)/t30-,31+/m1/s1. The number of carbonyl (C=O) groups excluding carboxylic acids is 1. The Hall–Kier alpha value is -5.55. The number of amides is 1. The monoisotopic (exact) mass is 590 g/mol. The number of hydrogen-bond donors (Lipinski definition) is 2. The van der Waals surface area contributed by atoms with E-state index in [0.29, 0.717) is 22.2 Å². The highest BCUT2D eigenvalue weighted by Crippen LogP contribution is 2.42. The lowest BCUT2D eigenvalue weighted by molar-refractivity contribution is -0.384. The molecule has 1 fully saturated rings. The van der Waals surface area contributed by atoms with E-state index in [1.165, 1.54) is 6.07 Å². The summed E-state index contributed by atoms with van der Waals surface area (Å²) in [5, 5.41) is 18.3. The maximum absolute atomic E-state index is 12.5. The van der Waals surface area contributed by atoms with Crippen LogP contribution in [0.25, 0.3) is 5.69 Å². The Balaban J connectivity index is 1.30. The minimum atomic E-state index is -0.407. The second-order valence-electron chi connectivity index (χ2n) is 9.77. The first-order valence-corrected chi connectivity index (χ1v) is 13.9. The van der Waals surface area contributed by atoms with E-state index in [1.54, 1.807) is 30.5 Å². The average molecular weight is 591 g/mol. The molecule has 2 aromatic heterocycles. The Kier molecular flexibility index (Phi) is 7.79. The van der Waals surface area contributed by atoms with Gasteiger partial charge in [-0.25, -0.2) is 0 Å². The number of nitro groups is 1. The molecule has 2 N–H and O–H groups in total. The minimum absolute atomic E-state index is 0.00199. The fraction of sp³-hybridized carbons (Fsp3) is 0.0938. The molecule has 43 heavy (non-hydrogen) atoms. The van der Waals surface area contributed by atoms with Crippen LogP contribution in [-0.2, 0) is 4.79 Å². The Morgan fingerprint density at radius 1 is 0.953 bits per heavy atom.